The molecular formula is C19H18BrFN2O. The number of carbonyl (C=O) groups excluding carboxylic acids is 1. The Morgan fingerprint density at radius 1 is 1.25 bits per heavy atom. The Morgan fingerprint density at radius 3 is 2.71 bits per heavy atom. The number of para-hydroxylation sites is 1. The van der Waals surface area contributed by atoms with Crippen molar-refractivity contribution in [2.24, 2.45) is 5.73 Å². The van der Waals surface area contributed by atoms with E-state index in [-0.39, 0.29) is 18.1 Å². The second-order valence-electron chi connectivity index (χ2n) is 5.88. The van der Waals surface area contributed by atoms with Crippen molar-refractivity contribution in [1.82, 2.24) is 0 Å². The number of nitrogens with two attached hydrogens (primary N) is 1. The van der Waals surface area contributed by atoms with Gasteiger partial charge in [-0.1, -0.05) is 46.3 Å². The number of amides is 1. The summed E-state index contributed by atoms with van der Waals surface area (Å²) in [6.07, 6.45) is 0.250. The van der Waals surface area contributed by atoms with E-state index in [9.17, 15) is 9.18 Å². The van der Waals surface area contributed by atoms with E-state index in [0.29, 0.717) is 18.7 Å². The zero-order chi connectivity index (χ0) is 17.3. The zero-order valence-electron chi connectivity index (χ0n) is 13.4. The largest absolute Gasteiger partial charge is 0.327 e. The predicted molar refractivity (Wildman–Crippen MR) is 98.3 cm³/mol. The van der Waals surface area contributed by atoms with Crippen LogP contribution in [0.25, 0.3) is 4.48 Å². The van der Waals surface area contributed by atoms with Crippen LogP contribution in [0.15, 0.2) is 48.0 Å². The molecule has 2 aromatic carbocycles. The molecule has 0 bridgehead atoms. The van der Waals surface area contributed by atoms with Crippen LogP contribution in [0.3, 0.4) is 0 Å². The monoisotopic (exact) mass is 388 g/mol. The zero-order valence-corrected chi connectivity index (χ0v) is 14.9. The van der Waals surface area contributed by atoms with Crippen LogP contribution in [0.5, 0.6) is 0 Å². The van der Waals surface area contributed by atoms with Crippen molar-refractivity contribution in [3.05, 3.63) is 70.5 Å². The number of hydrogen-bond donors (Lipinski definition) is 1. The number of hydrogen-bond acceptors (Lipinski definition) is 2. The number of carbonyl (C=O) groups is 1. The Balaban J connectivity index is 2.04. The first-order chi connectivity index (χ1) is 11.5. The van der Waals surface area contributed by atoms with Gasteiger partial charge in [-0.15, -0.1) is 0 Å². The molecule has 3 rings (SSSR count). The average molecular weight is 389 g/mol. The number of fused-ring (bicyclic) bond motifs is 1. The first-order valence-electron chi connectivity index (χ1n) is 7.73. The maximum absolute atomic E-state index is 13.8. The van der Waals surface area contributed by atoms with Gasteiger partial charge in [0.25, 0.3) is 0 Å². The highest BCUT2D eigenvalue weighted by atomic mass is 79.9. The van der Waals surface area contributed by atoms with Gasteiger partial charge in [-0.25, -0.2) is 4.39 Å². The van der Waals surface area contributed by atoms with Crippen molar-refractivity contribution in [3.63, 3.8) is 0 Å². The van der Waals surface area contributed by atoms with Gasteiger partial charge in [0, 0.05) is 16.6 Å². The molecule has 0 aliphatic carbocycles. The second kappa shape index (κ2) is 6.87. The first kappa shape index (κ1) is 16.9. The Kier molecular flexibility index (Phi) is 4.83. The van der Waals surface area contributed by atoms with Crippen LogP contribution < -0.4 is 10.6 Å². The van der Waals surface area contributed by atoms with E-state index in [1.54, 1.807) is 17.9 Å². The molecule has 124 valence electrons. The Bertz CT molecular complexity index is 832. The van der Waals surface area contributed by atoms with Crippen molar-refractivity contribution >= 4 is 32.0 Å². The standard InChI is InChI=1S/C19H18BrFN2O/c1-12-6-7-13(8-16(12)21)11-23-17-5-3-2-4-15(17)19(20)14(10-22)9-18(23)24/h2-8H,9-11,22H2,1H3. The first-order valence-corrected chi connectivity index (χ1v) is 8.53. The summed E-state index contributed by atoms with van der Waals surface area (Å²) in [5.74, 6) is -0.302. The summed E-state index contributed by atoms with van der Waals surface area (Å²) in [5.41, 5.74) is 9.76. The van der Waals surface area contributed by atoms with Gasteiger partial charge in [0.1, 0.15) is 5.82 Å². The number of aryl methyl sites for hydroxylation is 1. The van der Waals surface area contributed by atoms with E-state index in [0.717, 1.165) is 26.9 Å². The molecule has 2 N–H and O–H groups in total. The van der Waals surface area contributed by atoms with Crippen molar-refractivity contribution < 1.29 is 9.18 Å². The van der Waals surface area contributed by atoms with Gasteiger partial charge >= 0.3 is 0 Å². The molecule has 1 heterocycles. The lowest BCUT2D eigenvalue weighted by atomic mass is 10.1. The van der Waals surface area contributed by atoms with E-state index in [2.05, 4.69) is 15.9 Å². The fraction of sp³-hybridized carbons (Fsp3) is 0.211. The Labute approximate surface area is 149 Å². The number of anilines is 1. The highest BCUT2D eigenvalue weighted by molar-refractivity contribution is 9.15. The molecule has 0 fully saturated rings. The van der Waals surface area contributed by atoms with E-state index >= 15 is 0 Å². The van der Waals surface area contributed by atoms with Gasteiger partial charge in [-0.05, 0) is 35.8 Å². The lowest BCUT2D eigenvalue weighted by Crippen LogP contribution is -2.30. The molecule has 0 atom stereocenters. The predicted octanol–water partition coefficient (Wildman–Crippen LogP) is 4.14. The van der Waals surface area contributed by atoms with Gasteiger partial charge in [0.2, 0.25) is 5.91 Å². The van der Waals surface area contributed by atoms with Gasteiger partial charge in [0.05, 0.1) is 18.7 Å². The number of nitrogens with zero attached hydrogens (tertiary/aromatic N) is 1. The third kappa shape index (κ3) is 3.14. The number of benzene rings is 2. The minimum absolute atomic E-state index is 0.0432. The lowest BCUT2D eigenvalue weighted by Gasteiger charge is -2.23. The molecule has 24 heavy (non-hydrogen) atoms. The van der Waals surface area contributed by atoms with Crippen molar-refractivity contribution in [2.45, 2.75) is 19.9 Å². The SMILES string of the molecule is Cc1ccc(CN2C(=O)CC(CN)=C(Br)c3ccccc32)cc1F. The Morgan fingerprint density at radius 2 is 2.00 bits per heavy atom. The van der Waals surface area contributed by atoms with Gasteiger partial charge < -0.3 is 10.6 Å². The lowest BCUT2D eigenvalue weighted by molar-refractivity contribution is -0.118. The average Bonchev–Trinajstić information content (AvgIpc) is 2.68. The van der Waals surface area contributed by atoms with Crippen LogP contribution in [0.4, 0.5) is 10.1 Å². The normalized spacial score (nSPS) is 14.7. The van der Waals surface area contributed by atoms with E-state index in [1.807, 2.05) is 30.3 Å². The van der Waals surface area contributed by atoms with Crippen LogP contribution in [0.1, 0.15) is 23.1 Å². The maximum Gasteiger partial charge on any atom is 0.231 e. The molecule has 1 amide bonds. The van der Waals surface area contributed by atoms with Crippen LogP contribution >= 0.6 is 15.9 Å². The molecule has 1 aliphatic heterocycles. The summed E-state index contributed by atoms with van der Waals surface area (Å²) in [7, 11) is 0. The van der Waals surface area contributed by atoms with Crippen LogP contribution in [-0.4, -0.2) is 12.5 Å². The van der Waals surface area contributed by atoms with Gasteiger partial charge in [-0.3, -0.25) is 4.79 Å². The minimum Gasteiger partial charge on any atom is -0.327 e. The van der Waals surface area contributed by atoms with Gasteiger partial charge in [-0.2, -0.15) is 0 Å². The molecular weight excluding hydrogens is 371 g/mol. The molecule has 5 heteroatoms. The van der Waals surface area contributed by atoms with E-state index in [1.165, 1.54) is 6.07 Å². The van der Waals surface area contributed by atoms with Gasteiger partial charge in [0.15, 0.2) is 0 Å². The van der Waals surface area contributed by atoms with Crippen LogP contribution in [0.2, 0.25) is 0 Å². The molecule has 0 saturated heterocycles. The Hall–Kier alpha value is -1.98. The fourth-order valence-electron chi connectivity index (χ4n) is 2.83. The topological polar surface area (TPSA) is 46.3 Å². The quantitative estimate of drug-likeness (QED) is 0.858. The number of rotatable bonds is 3. The van der Waals surface area contributed by atoms with Crippen LogP contribution in [0, 0.1) is 12.7 Å². The van der Waals surface area contributed by atoms with Crippen molar-refractivity contribution in [1.29, 1.82) is 0 Å². The molecule has 0 unspecified atom stereocenters. The van der Waals surface area contributed by atoms with Crippen molar-refractivity contribution in [2.75, 3.05) is 11.4 Å². The summed E-state index contributed by atoms with van der Waals surface area (Å²) < 4.78 is 14.7. The molecule has 0 aromatic heterocycles. The minimum atomic E-state index is -0.259. The highest BCUT2D eigenvalue weighted by Gasteiger charge is 2.26. The molecule has 3 nitrogen and oxygen atoms in total. The molecule has 1 aliphatic rings. The summed E-state index contributed by atoms with van der Waals surface area (Å²) in [6, 6.07) is 12.7. The number of halogens is 2. The van der Waals surface area contributed by atoms with E-state index < -0.39 is 0 Å². The molecule has 0 radical (unpaired) electrons. The highest BCUT2D eigenvalue weighted by Crippen LogP contribution is 2.38. The summed E-state index contributed by atoms with van der Waals surface area (Å²) in [4.78, 5) is 14.5. The molecule has 0 saturated carbocycles. The summed E-state index contributed by atoms with van der Waals surface area (Å²) in [5, 5.41) is 0. The third-order valence-electron chi connectivity index (χ3n) is 4.23. The smallest absolute Gasteiger partial charge is 0.231 e. The molecule has 2 aromatic rings. The third-order valence-corrected chi connectivity index (χ3v) is 5.22. The summed E-state index contributed by atoms with van der Waals surface area (Å²) >= 11 is 3.59. The fourth-order valence-corrected chi connectivity index (χ4v) is 3.46. The van der Waals surface area contributed by atoms with Crippen LogP contribution in [-0.2, 0) is 11.3 Å². The van der Waals surface area contributed by atoms with Crippen molar-refractivity contribution in [3.8, 4) is 0 Å². The summed E-state index contributed by atoms with van der Waals surface area (Å²) in [6.45, 7) is 2.36. The molecule has 0 spiro atoms. The van der Waals surface area contributed by atoms with E-state index in [4.69, 9.17) is 5.73 Å². The maximum atomic E-state index is 13.8. The second-order valence-corrected chi connectivity index (χ2v) is 6.67.